The Balaban J connectivity index is 1.86. The predicted octanol–water partition coefficient (Wildman–Crippen LogP) is 6.87. The number of hydrogen-bond donors (Lipinski definition) is 1. The quantitative estimate of drug-likeness (QED) is 0.218. The lowest BCUT2D eigenvalue weighted by atomic mass is 9.93. The van der Waals surface area contributed by atoms with Crippen LogP contribution >= 0.6 is 23.2 Å². The lowest BCUT2D eigenvalue weighted by Gasteiger charge is -2.25. The molecule has 0 saturated carbocycles. The zero-order chi connectivity index (χ0) is 28.5. The molecule has 0 aliphatic heterocycles. The van der Waals surface area contributed by atoms with E-state index >= 15 is 0 Å². The number of nitrogens with two attached hydrogens (primary N) is 1. The first-order valence-corrected chi connectivity index (χ1v) is 12.1. The zero-order valence-electron chi connectivity index (χ0n) is 20.5. The summed E-state index contributed by atoms with van der Waals surface area (Å²) in [7, 11) is 0. The fourth-order valence-electron chi connectivity index (χ4n) is 4.10. The van der Waals surface area contributed by atoms with Gasteiger partial charge in [0.1, 0.15) is 11.5 Å². The van der Waals surface area contributed by atoms with Crippen LogP contribution in [0, 0.1) is 6.92 Å². The number of benzene rings is 3. The van der Waals surface area contributed by atoms with E-state index in [1.165, 1.54) is 43.3 Å². The lowest BCUT2D eigenvalue weighted by Crippen LogP contribution is -2.40. The van der Waals surface area contributed by atoms with Crippen molar-refractivity contribution in [2.24, 2.45) is 5.73 Å². The molecule has 1 aromatic heterocycles. The number of primary amides is 1. The predicted molar refractivity (Wildman–Crippen MR) is 139 cm³/mol. The van der Waals surface area contributed by atoms with Crippen LogP contribution in [0.3, 0.4) is 0 Å². The number of carbonyl (C=O) groups excluding carboxylic acids is 2. The lowest BCUT2D eigenvalue weighted by molar-refractivity contribution is -0.274. The Labute approximate surface area is 230 Å². The number of nitrogens with zero attached hydrogens (tertiary/aromatic N) is 1. The highest BCUT2D eigenvalue weighted by Crippen LogP contribution is 2.40. The van der Waals surface area contributed by atoms with Crippen LogP contribution in [0.5, 0.6) is 17.2 Å². The molecule has 0 radical (unpaired) electrons. The molecule has 0 aliphatic rings. The van der Waals surface area contributed by atoms with E-state index < -0.39 is 23.6 Å². The highest BCUT2D eigenvalue weighted by molar-refractivity contribution is 6.31. The molecule has 4 rings (SSSR count). The summed E-state index contributed by atoms with van der Waals surface area (Å²) in [6.45, 7) is 3.23. The number of alkyl halides is 3. The first-order chi connectivity index (χ1) is 18.3. The van der Waals surface area contributed by atoms with Crippen LogP contribution in [0.2, 0.25) is 10.0 Å². The molecule has 0 unspecified atom stereocenters. The van der Waals surface area contributed by atoms with Gasteiger partial charge in [-0.1, -0.05) is 29.3 Å². The van der Waals surface area contributed by atoms with Crippen molar-refractivity contribution in [3.8, 4) is 17.2 Å². The summed E-state index contributed by atoms with van der Waals surface area (Å²) in [5.74, 6) is -0.477. The molecule has 1 heterocycles. The minimum absolute atomic E-state index is 0.0460. The molecule has 4 aromatic rings. The molecule has 0 spiro atoms. The van der Waals surface area contributed by atoms with Gasteiger partial charge in [-0.25, -0.2) is 0 Å². The van der Waals surface area contributed by atoms with Crippen LogP contribution in [-0.4, -0.2) is 23.3 Å². The third-order valence-electron chi connectivity index (χ3n) is 6.18. The summed E-state index contributed by atoms with van der Waals surface area (Å²) in [5.41, 5.74) is 5.37. The smallest absolute Gasteiger partial charge is 0.455 e. The van der Waals surface area contributed by atoms with Crippen LogP contribution in [0.15, 0.2) is 60.7 Å². The highest BCUT2D eigenvalue weighted by Gasteiger charge is 2.36. The number of fused-ring (bicyclic) bond motifs is 1. The minimum atomic E-state index is -4.89. The monoisotopic (exact) mass is 580 g/mol. The molecule has 0 saturated heterocycles. The molecule has 1 atom stereocenters. The van der Waals surface area contributed by atoms with Gasteiger partial charge in [-0.2, -0.15) is 0 Å². The standard InChI is InChI=1S/C27H21Cl2F3N2O5/c1-15-24(38-19-6-4-18(28)5-7-19)21-9-8-20(39-27(30,31)32)12-23(21)34(15)13-16-11-17(3-10-22(16)29)26(2,25(33)36)37-14-35/h3-12,14H,13H2,1-2H3,(H2,33,36)/t26-/m0/s1. The topological polar surface area (TPSA) is 92.8 Å². The summed E-state index contributed by atoms with van der Waals surface area (Å²) >= 11 is 12.4. The number of amides is 1. The van der Waals surface area contributed by atoms with E-state index in [0.29, 0.717) is 43.7 Å². The van der Waals surface area contributed by atoms with Gasteiger partial charge in [0, 0.05) is 33.6 Å². The van der Waals surface area contributed by atoms with Crippen molar-refractivity contribution in [3.63, 3.8) is 0 Å². The summed E-state index contributed by atoms with van der Waals surface area (Å²) < 4.78 is 55.9. The Kier molecular flexibility index (Phi) is 7.72. The second-order valence-corrected chi connectivity index (χ2v) is 9.54. The van der Waals surface area contributed by atoms with E-state index in [0.717, 1.165) is 0 Å². The third-order valence-corrected chi connectivity index (χ3v) is 6.80. The maximum atomic E-state index is 13.0. The Morgan fingerprint density at radius 1 is 1.03 bits per heavy atom. The summed E-state index contributed by atoms with van der Waals surface area (Å²) in [6.07, 6.45) is -4.89. The van der Waals surface area contributed by atoms with E-state index in [1.54, 1.807) is 35.8 Å². The van der Waals surface area contributed by atoms with Crippen molar-refractivity contribution in [3.05, 3.63) is 87.5 Å². The van der Waals surface area contributed by atoms with Crippen molar-refractivity contribution in [2.75, 3.05) is 0 Å². The average molecular weight is 581 g/mol. The van der Waals surface area contributed by atoms with Gasteiger partial charge < -0.3 is 24.5 Å². The number of rotatable bonds is 9. The molecule has 0 aliphatic carbocycles. The maximum absolute atomic E-state index is 13.0. The first-order valence-electron chi connectivity index (χ1n) is 11.3. The van der Waals surface area contributed by atoms with Gasteiger partial charge in [0.15, 0.2) is 5.75 Å². The molecule has 0 bridgehead atoms. The molecule has 7 nitrogen and oxygen atoms in total. The minimum Gasteiger partial charge on any atom is -0.455 e. The van der Waals surface area contributed by atoms with E-state index in [9.17, 15) is 22.8 Å². The Bertz CT molecular complexity index is 1550. The SMILES string of the molecule is Cc1c(Oc2ccc(Cl)cc2)c2ccc(OC(F)(F)F)cc2n1Cc1cc([C@](C)(OC=O)C(N)=O)ccc1Cl. The van der Waals surface area contributed by atoms with Gasteiger partial charge in [-0.05, 0) is 67.9 Å². The highest BCUT2D eigenvalue weighted by atomic mass is 35.5. The number of ether oxygens (including phenoxy) is 3. The van der Waals surface area contributed by atoms with Gasteiger partial charge in [0.05, 0.1) is 11.2 Å². The fraction of sp³-hybridized carbons (Fsp3) is 0.185. The van der Waals surface area contributed by atoms with Crippen LogP contribution in [0.4, 0.5) is 13.2 Å². The Morgan fingerprint density at radius 3 is 2.31 bits per heavy atom. The van der Waals surface area contributed by atoms with Gasteiger partial charge in [-0.15, -0.1) is 13.2 Å². The average Bonchev–Trinajstić information content (AvgIpc) is 3.10. The van der Waals surface area contributed by atoms with Crippen molar-refractivity contribution in [1.82, 2.24) is 4.57 Å². The van der Waals surface area contributed by atoms with E-state index in [4.69, 9.17) is 38.4 Å². The maximum Gasteiger partial charge on any atom is 0.573 e. The summed E-state index contributed by atoms with van der Waals surface area (Å²) in [5, 5.41) is 1.31. The van der Waals surface area contributed by atoms with E-state index in [1.807, 2.05) is 0 Å². The van der Waals surface area contributed by atoms with Crippen LogP contribution < -0.4 is 15.2 Å². The molecule has 12 heteroatoms. The van der Waals surface area contributed by atoms with Gasteiger partial charge in [0.2, 0.25) is 5.60 Å². The van der Waals surface area contributed by atoms with Gasteiger partial charge in [-0.3, -0.25) is 9.59 Å². The number of aromatic nitrogens is 1. The fourth-order valence-corrected chi connectivity index (χ4v) is 4.41. The number of carbonyl (C=O) groups is 2. The molecule has 3 aromatic carbocycles. The molecular weight excluding hydrogens is 560 g/mol. The Hall–Kier alpha value is -3.89. The largest absolute Gasteiger partial charge is 0.573 e. The van der Waals surface area contributed by atoms with E-state index in [2.05, 4.69) is 4.74 Å². The molecule has 0 fully saturated rings. The van der Waals surface area contributed by atoms with Crippen LogP contribution in [-0.2, 0) is 26.5 Å². The van der Waals surface area contributed by atoms with Gasteiger partial charge >= 0.3 is 6.36 Å². The number of halogens is 5. The van der Waals surface area contributed by atoms with Crippen LogP contribution in [0.25, 0.3) is 10.9 Å². The molecule has 1 amide bonds. The molecule has 2 N–H and O–H groups in total. The molecule has 204 valence electrons. The normalized spacial score (nSPS) is 13.1. The second kappa shape index (κ2) is 10.7. The van der Waals surface area contributed by atoms with E-state index in [-0.39, 0.29) is 18.6 Å². The van der Waals surface area contributed by atoms with Crippen molar-refractivity contribution in [2.45, 2.75) is 32.4 Å². The molecular formula is C27H21Cl2F3N2O5. The third kappa shape index (κ3) is 5.91. The summed E-state index contributed by atoms with van der Waals surface area (Å²) in [4.78, 5) is 23.2. The zero-order valence-corrected chi connectivity index (χ0v) is 22.0. The summed E-state index contributed by atoms with van der Waals surface area (Å²) in [6, 6.07) is 15.0. The first kappa shape index (κ1) is 28.1. The van der Waals surface area contributed by atoms with Crippen LogP contribution in [0.1, 0.15) is 23.7 Å². The van der Waals surface area contributed by atoms with Crippen molar-refractivity contribution in [1.29, 1.82) is 0 Å². The van der Waals surface area contributed by atoms with Gasteiger partial charge in [0.25, 0.3) is 12.4 Å². The number of hydrogen-bond acceptors (Lipinski definition) is 5. The second-order valence-electron chi connectivity index (χ2n) is 8.70. The Morgan fingerprint density at radius 2 is 1.69 bits per heavy atom. The van der Waals surface area contributed by atoms with Crippen molar-refractivity contribution < 1.29 is 37.0 Å². The molecule has 39 heavy (non-hydrogen) atoms. The van der Waals surface area contributed by atoms with Crippen molar-refractivity contribution >= 4 is 46.5 Å².